The first-order valence-corrected chi connectivity index (χ1v) is 14.5. The van der Waals surface area contributed by atoms with E-state index >= 15 is 0 Å². The van der Waals surface area contributed by atoms with Crippen molar-refractivity contribution in [2.45, 2.75) is 83.5 Å². The van der Waals surface area contributed by atoms with Crippen LogP contribution in [-0.2, 0) is 22.9 Å². The number of para-hydroxylation sites is 1. The van der Waals surface area contributed by atoms with Gasteiger partial charge in [0.05, 0.1) is 16.1 Å². The van der Waals surface area contributed by atoms with E-state index in [4.69, 9.17) is 0 Å². The van der Waals surface area contributed by atoms with Gasteiger partial charge in [0.15, 0.2) is 0 Å². The number of benzene rings is 3. The fourth-order valence-electron chi connectivity index (χ4n) is 4.58. The summed E-state index contributed by atoms with van der Waals surface area (Å²) in [6.45, 7) is 12.4. The van der Waals surface area contributed by atoms with Gasteiger partial charge in [0.25, 0.3) is 10.0 Å². The van der Waals surface area contributed by atoms with E-state index in [1.54, 1.807) is 18.2 Å². The molecule has 3 aromatic rings. The van der Waals surface area contributed by atoms with Crippen molar-refractivity contribution in [3.05, 3.63) is 94.0 Å². The van der Waals surface area contributed by atoms with Crippen LogP contribution in [0.15, 0.2) is 65.6 Å². The van der Waals surface area contributed by atoms with Crippen molar-refractivity contribution in [2.75, 3.05) is 4.72 Å². The summed E-state index contributed by atoms with van der Waals surface area (Å²) in [6.07, 6.45) is 2.13. The lowest BCUT2D eigenvalue weighted by molar-refractivity contribution is 0.0696. The number of aryl methyl sites for hydroxylation is 2. The molecule has 0 unspecified atom stereocenters. The maximum absolute atomic E-state index is 13.9. The predicted molar refractivity (Wildman–Crippen MR) is 151 cm³/mol. The molecule has 0 bridgehead atoms. The molecule has 0 aliphatic rings. The molecule has 3 rings (SSSR count). The van der Waals surface area contributed by atoms with Crippen LogP contribution < -0.4 is 4.72 Å². The zero-order valence-electron chi connectivity index (χ0n) is 22.7. The molecule has 0 aliphatic carbocycles. The third-order valence-corrected chi connectivity index (χ3v) is 8.19. The Morgan fingerprint density at radius 1 is 0.811 bits per heavy atom. The molecule has 5 nitrogen and oxygen atoms in total. The molecule has 2 N–H and O–H groups in total. The molecule has 0 spiro atoms. The molecule has 0 fully saturated rings. The number of hydrogen-bond acceptors (Lipinski definition) is 3. The van der Waals surface area contributed by atoms with E-state index in [0.29, 0.717) is 29.3 Å². The molecule has 0 heterocycles. The Morgan fingerprint density at radius 3 is 2.00 bits per heavy atom. The highest BCUT2D eigenvalue weighted by molar-refractivity contribution is 7.92. The van der Waals surface area contributed by atoms with Gasteiger partial charge in [-0.3, -0.25) is 4.72 Å². The minimum atomic E-state index is -3.84. The van der Waals surface area contributed by atoms with Crippen LogP contribution in [0.5, 0.6) is 0 Å². The van der Waals surface area contributed by atoms with Crippen molar-refractivity contribution in [2.24, 2.45) is 0 Å². The highest BCUT2D eigenvalue weighted by atomic mass is 32.2. The van der Waals surface area contributed by atoms with E-state index in [0.717, 1.165) is 34.2 Å². The number of aromatic carboxylic acids is 1. The third-order valence-electron chi connectivity index (χ3n) is 6.70. The van der Waals surface area contributed by atoms with Gasteiger partial charge in [-0.2, -0.15) is 0 Å². The fourth-order valence-corrected chi connectivity index (χ4v) is 6.38. The number of sulfonamides is 1. The first kappa shape index (κ1) is 28.5. The van der Waals surface area contributed by atoms with E-state index in [1.165, 1.54) is 0 Å². The van der Waals surface area contributed by atoms with Gasteiger partial charge < -0.3 is 5.11 Å². The maximum Gasteiger partial charge on any atom is 0.335 e. The van der Waals surface area contributed by atoms with Crippen LogP contribution >= 0.6 is 0 Å². The molecular formula is C31H39NO4S. The summed E-state index contributed by atoms with van der Waals surface area (Å²) < 4.78 is 30.7. The Hall–Kier alpha value is -3.12. The number of anilines is 1. The average molecular weight is 522 g/mol. The van der Waals surface area contributed by atoms with Crippen molar-refractivity contribution >= 4 is 21.7 Å². The number of hydrogen-bond donors (Lipinski definition) is 2. The predicted octanol–water partition coefficient (Wildman–Crippen LogP) is 7.73. The van der Waals surface area contributed by atoms with E-state index in [2.05, 4.69) is 18.6 Å². The van der Waals surface area contributed by atoms with Gasteiger partial charge in [-0.15, -0.1) is 0 Å². The van der Waals surface area contributed by atoms with Crippen LogP contribution in [0.1, 0.15) is 104 Å². The molecule has 0 amide bonds. The molecule has 37 heavy (non-hydrogen) atoms. The Bertz CT molecular complexity index is 1330. The molecular weight excluding hydrogens is 482 g/mol. The number of carboxylic acid groups (broad SMARTS) is 1. The van der Waals surface area contributed by atoms with Crippen molar-refractivity contribution in [1.82, 2.24) is 0 Å². The largest absolute Gasteiger partial charge is 0.478 e. The van der Waals surface area contributed by atoms with E-state index < -0.39 is 16.0 Å². The molecule has 3 aromatic carbocycles. The summed E-state index contributed by atoms with van der Waals surface area (Å²) in [4.78, 5) is 11.7. The van der Waals surface area contributed by atoms with Gasteiger partial charge >= 0.3 is 5.97 Å². The standard InChI is InChI=1S/C31H39NO4S/c1-20(2)26-18-27(21(3)4)30(28(19-26)22(5)6)37(35,36)32-29-16-8-7-13-24(29)14-9-11-23-12-10-15-25(17-23)31(33)34/h7-8,10,12-13,15-22,32H,9,11,14H2,1-6H3,(H,33,34). The second kappa shape index (κ2) is 12.0. The van der Waals surface area contributed by atoms with Crippen molar-refractivity contribution in [3.63, 3.8) is 0 Å². The van der Waals surface area contributed by atoms with Gasteiger partial charge in [0.1, 0.15) is 0 Å². The maximum atomic E-state index is 13.9. The lowest BCUT2D eigenvalue weighted by Crippen LogP contribution is -2.20. The number of carboxylic acids is 1. The summed E-state index contributed by atoms with van der Waals surface area (Å²) >= 11 is 0. The number of nitrogens with one attached hydrogen (secondary N) is 1. The lowest BCUT2D eigenvalue weighted by Gasteiger charge is -2.23. The molecule has 0 saturated heterocycles. The minimum Gasteiger partial charge on any atom is -0.478 e. The quantitative estimate of drug-likeness (QED) is 0.270. The fraction of sp³-hybridized carbons (Fsp3) is 0.387. The van der Waals surface area contributed by atoms with E-state index in [1.807, 2.05) is 70.2 Å². The highest BCUT2D eigenvalue weighted by Gasteiger charge is 2.27. The van der Waals surface area contributed by atoms with Crippen LogP contribution in [-0.4, -0.2) is 19.5 Å². The first-order chi connectivity index (χ1) is 17.4. The van der Waals surface area contributed by atoms with Gasteiger partial charge in [0, 0.05) is 0 Å². The number of carbonyl (C=O) groups is 1. The summed E-state index contributed by atoms with van der Waals surface area (Å²) in [5.74, 6) is -0.527. The highest BCUT2D eigenvalue weighted by Crippen LogP contribution is 2.36. The van der Waals surface area contributed by atoms with E-state index in [-0.39, 0.29) is 17.4 Å². The Balaban J connectivity index is 1.91. The lowest BCUT2D eigenvalue weighted by atomic mass is 9.89. The second-order valence-electron chi connectivity index (χ2n) is 10.6. The monoisotopic (exact) mass is 521 g/mol. The third kappa shape index (κ3) is 7.01. The zero-order chi connectivity index (χ0) is 27.3. The first-order valence-electron chi connectivity index (χ1n) is 13.0. The Kier molecular flexibility index (Phi) is 9.19. The van der Waals surface area contributed by atoms with Gasteiger partial charge in [-0.25, -0.2) is 13.2 Å². The summed E-state index contributed by atoms with van der Waals surface area (Å²) in [5, 5.41) is 9.24. The minimum absolute atomic E-state index is 0.0552. The molecule has 198 valence electrons. The molecule has 0 radical (unpaired) electrons. The summed E-state index contributed by atoms with van der Waals surface area (Å²) in [5.41, 5.74) is 5.56. The zero-order valence-corrected chi connectivity index (χ0v) is 23.5. The summed E-state index contributed by atoms with van der Waals surface area (Å²) in [7, 11) is -3.84. The summed E-state index contributed by atoms with van der Waals surface area (Å²) in [6, 6.07) is 18.6. The van der Waals surface area contributed by atoms with Gasteiger partial charge in [-0.1, -0.05) is 84.0 Å². The van der Waals surface area contributed by atoms with Crippen LogP contribution in [0, 0.1) is 0 Å². The number of rotatable bonds is 11. The molecule has 0 aromatic heterocycles. The van der Waals surface area contributed by atoms with Crippen LogP contribution in [0.3, 0.4) is 0 Å². The van der Waals surface area contributed by atoms with Crippen LogP contribution in [0.4, 0.5) is 5.69 Å². The van der Waals surface area contributed by atoms with Crippen LogP contribution in [0.25, 0.3) is 0 Å². The van der Waals surface area contributed by atoms with E-state index in [9.17, 15) is 18.3 Å². The molecule has 0 atom stereocenters. The SMILES string of the molecule is CC(C)c1cc(C(C)C)c(S(=O)(=O)Nc2ccccc2CCCc2cccc(C(=O)O)c2)c(C(C)C)c1. The Morgan fingerprint density at radius 2 is 1.43 bits per heavy atom. The molecule has 6 heteroatoms. The Labute approximate surface area is 222 Å². The van der Waals surface area contributed by atoms with Crippen molar-refractivity contribution in [1.29, 1.82) is 0 Å². The smallest absolute Gasteiger partial charge is 0.335 e. The molecule has 0 aliphatic heterocycles. The van der Waals surface area contributed by atoms with Crippen molar-refractivity contribution in [3.8, 4) is 0 Å². The molecule has 0 saturated carbocycles. The van der Waals surface area contributed by atoms with Gasteiger partial charge in [-0.05, 0) is 83.0 Å². The second-order valence-corrected chi connectivity index (χ2v) is 12.2. The normalized spacial score (nSPS) is 11.9. The van der Waals surface area contributed by atoms with Gasteiger partial charge in [0.2, 0.25) is 0 Å². The average Bonchev–Trinajstić information content (AvgIpc) is 2.84. The topological polar surface area (TPSA) is 83.5 Å². The van der Waals surface area contributed by atoms with Crippen LogP contribution in [0.2, 0.25) is 0 Å². The van der Waals surface area contributed by atoms with Crippen molar-refractivity contribution < 1.29 is 18.3 Å².